The van der Waals surface area contributed by atoms with Gasteiger partial charge in [0, 0.05) is 18.4 Å². The third-order valence-corrected chi connectivity index (χ3v) is 4.86. The molecule has 0 bridgehead atoms. The Balaban J connectivity index is 2.55. The van der Waals surface area contributed by atoms with Crippen molar-refractivity contribution in [2.75, 3.05) is 18.1 Å². The molecule has 23 heavy (non-hydrogen) atoms. The summed E-state index contributed by atoms with van der Waals surface area (Å²) in [5, 5.41) is 0. The van der Waals surface area contributed by atoms with Gasteiger partial charge < -0.3 is 9.53 Å². The van der Waals surface area contributed by atoms with Gasteiger partial charge in [-0.3, -0.25) is 4.90 Å². The van der Waals surface area contributed by atoms with E-state index in [1.54, 1.807) is 4.90 Å². The van der Waals surface area contributed by atoms with Gasteiger partial charge in [0.2, 0.25) is 0 Å². The number of para-hydroxylation sites is 1. The highest BCUT2D eigenvalue weighted by molar-refractivity contribution is 5.92. The summed E-state index contributed by atoms with van der Waals surface area (Å²) in [6.45, 7) is 12.1. The zero-order valence-corrected chi connectivity index (χ0v) is 13.7. The molecule has 0 aromatic heterocycles. The third-order valence-electron chi connectivity index (χ3n) is 4.86. The minimum Gasteiger partial charge on any atom is -0.445 e. The molecule has 0 N–H and O–H groups in total. The minimum atomic E-state index is -0.514. The van der Waals surface area contributed by atoms with E-state index in [4.69, 9.17) is 4.74 Å². The van der Waals surface area contributed by atoms with E-state index in [1.165, 1.54) is 6.08 Å². The van der Waals surface area contributed by atoms with Crippen molar-refractivity contribution < 1.29 is 14.3 Å². The van der Waals surface area contributed by atoms with E-state index in [9.17, 15) is 9.59 Å². The van der Waals surface area contributed by atoms with Gasteiger partial charge in [-0.25, -0.2) is 4.79 Å². The van der Waals surface area contributed by atoms with Gasteiger partial charge in [0.1, 0.15) is 12.9 Å². The number of carbonyl (C=O) groups excluding carboxylic acids is 2. The second-order valence-electron chi connectivity index (χ2n) is 6.35. The molecular formula is C19H23NO3. The number of anilines is 1. The predicted molar refractivity (Wildman–Crippen MR) is 91.7 cm³/mol. The highest BCUT2D eigenvalue weighted by atomic mass is 16.6. The average molecular weight is 313 g/mol. The fourth-order valence-corrected chi connectivity index (χ4v) is 3.25. The molecule has 4 nitrogen and oxygen atoms in total. The Morgan fingerprint density at radius 3 is 2.70 bits per heavy atom. The maximum Gasteiger partial charge on any atom is 0.414 e. The summed E-state index contributed by atoms with van der Waals surface area (Å²) < 4.78 is 5.20. The van der Waals surface area contributed by atoms with E-state index in [0.717, 1.165) is 17.5 Å². The van der Waals surface area contributed by atoms with Crippen molar-refractivity contribution in [3.63, 3.8) is 0 Å². The van der Waals surface area contributed by atoms with E-state index in [-0.39, 0.29) is 12.0 Å². The maximum atomic E-state index is 12.4. The average Bonchev–Trinajstić information content (AvgIpc) is 2.89. The first-order valence-corrected chi connectivity index (χ1v) is 7.65. The van der Waals surface area contributed by atoms with Crippen molar-refractivity contribution in [1.82, 2.24) is 0 Å². The molecule has 1 heterocycles. The Morgan fingerprint density at radius 2 is 2.09 bits per heavy atom. The highest BCUT2D eigenvalue weighted by Crippen LogP contribution is 2.53. The van der Waals surface area contributed by atoms with Gasteiger partial charge in [-0.2, -0.15) is 0 Å². The standard InChI is InChI=1S/C19H23NO3/c1-5-13-23-17(22)20-14-19(11-12-21,18(3,4)6-2)15-9-7-8-10-16(15)20/h5-10,12H,1-2,11,13-14H2,3-4H3/t19-/m0/s1. The quantitative estimate of drug-likeness (QED) is 0.591. The lowest BCUT2D eigenvalue weighted by Gasteiger charge is -2.42. The third kappa shape index (κ3) is 2.69. The summed E-state index contributed by atoms with van der Waals surface area (Å²) in [7, 11) is 0. The van der Waals surface area contributed by atoms with Crippen LogP contribution in [0.1, 0.15) is 25.8 Å². The number of ether oxygens (including phenoxy) is 1. The SMILES string of the molecule is C=CCOC(=O)N1C[C@](CC=O)(C(C)(C)C=C)c2ccccc21. The summed E-state index contributed by atoms with van der Waals surface area (Å²) in [4.78, 5) is 25.4. The van der Waals surface area contributed by atoms with Crippen molar-refractivity contribution in [1.29, 1.82) is 0 Å². The molecule has 2 rings (SSSR count). The smallest absolute Gasteiger partial charge is 0.414 e. The van der Waals surface area contributed by atoms with E-state index in [2.05, 4.69) is 13.2 Å². The van der Waals surface area contributed by atoms with Gasteiger partial charge in [-0.15, -0.1) is 6.58 Å². The zero-order valence-electron chi connectivity index (χ0n) is 13.7. The summed E-state index contributed by atoms with van der Waals surface area (Å²) in [5.41, 5.74) is 0.892. The van der Waals surface area contributed by atoms with E-state index in [1.807, 2.05) is 44.2 Å². The van der Waals surface area contributed by atoms with Crippen LogP contribution in [0, 0.1) is 5.41 Å². The number of amides is 1. The lowest BCUT2D eigenvalue weighted by molar-refractivity contribution is -0.109. The lowest BCUT2D eigenvalue weighted by Crippen LogP contribution is -2.46. The van der Waals surface area contributed by atoms with Crippen LogP contribution in [0.5, 0.6) is 0 Å². The number of hydrogen-bond acceptors (Lipinski definition) is 3. The Kier molecular flexibility index (Phi) is 4.73. The Hall–Kier alpha value is -2.36. The molecule has 1 aliphatic rings. The molecular weight excluding hydrogens is 290 g/mol. The highest BCUT2D eigenvalue weighted by Gasteiger charge is 2.52. The molecule has 0 fully saturated rings. The molecule has 1 atom stereocenters. The van der Waals surface area contributed by atoms with Gasteiger partial charge in [-0.05, 0) is 17.0 Å². The first-order valence-electron chi connectivity index (χ1n) is 7.65. The Labute approximate surface area is 137 Å². The van der Waals surface area contributed by atoms with E-state index in [0.29, 0.717) is 13.0 Å². The first kappa shape index (κ1) is 17.0. The van der Waals surface area contributed by atoms with Crippen LogP contribution in [-0.2, 0) is 14.9 Å². The second kappa shape index (κ2) is 6.41. The molecule has 0 saturated heterocycles. The number of hydrogen-bond donors (Lipinski definition) is 0. The van der Waals surface area contributed by atoms with Gasteiger partial charge in [-0.1, -0.05) is 50.8 Å². The summed E-state index contributed by atoms with van der Waals surface area (Å²) in [6.07, 6.45) is 4.19. The second-order valence-corrected chi connectivity index (χ2v) is 6.35. The zero-order chi connectivity index (χ0) is 17.1. The van der Waals surface area contributed by atoms with Gasteiger partial charge >= 0.3 is 6.09 Å². The molecule has 0 spiro atoms. The van der Waals surface area contributed by atoms with Crippen LogP contribution >= 0.6 is 0 Å². The molecule has 1 aromatic rings. The van der Waals surface area contributed by atoms with Crippen LogP contribution < -0.4 is 4.90 Å². The van der Waals surface area contributed by atoms with Crippen molar-refractivity contribution in [3.8, 4) is 0 Å². The molecule has 1 aliphatic heterocycles. The molecule has 1 aromatic carbocycles. The number of allylic oxidation sites excluding steroid dienone is 1. The van der Waals surface area contributed by atoms with Crippen LogP contribution in [0.25, 0.3) is 0 Å². The number of rotatable bonds is 6. The molecule has 0 aliphatic carbocycles. The van der Waals surface area contributed by atoms with Crippen molar-refractivity contribution >= 4 is 18.1 Å². The first-order chi connectivity index (χ1) is 10.9. The summed E-state index contributed by atoms with van der Waals surface area (Å²) in [5.74, 6) is 0. The maximum absolute atomic E-state index is 12.4. The van der Waals surface area contributed by atoms with Crippen molar-refractivity contribution in [2.45, 2.75) is 25.7 Å². The normalized spacial score (nSPS) is 19.8. The van der Waals surface area contributed by atoms with Gasteiger partial charge in [0.05, 0.1) is 5.69 Å². The van der Waals surface area contributed by atoms with Crippen LogP contribution in [-0.4, -0.2) is 25.5 Å². The number of benzene rings is 1. The summed E-state index contributed by atoms with van der Waals surface area (Å²) >= 11 is 0. The molecule has 0 saturated carbocycles. The van der Waals surface area contributed by atoms with E-state index >= 15 is 0 Å². The fraction of sp³-hybridized carbons (Fsp3) is 0.368. The minimum absolute atomic E-state index is 0.156. The Bertz CT molecular complexity index is 635. The van der Waals surface area contributed by atoms with Crippen molar-refractivity contribution in [3.05, 3.63) is 55.1 Å². The monoisotopic (exact) mass is 313 g/mol. The van der Waals surface area contributed by atoms with Crippen LogP contribution in [0.3, 0.4) is 0 Å². The lowest BCUT2D eigenvalue weighted by atomic mass is 9.61. The molecule has 0 radical (unpaired) electrons. The van der Waals surface area contributed by atoms with E-state index < -0.39 is 11.5 Å². The molecule has 122 valence electrons. The largest absolute Gasteiger partial charge is 0.445 e. The molecule has 4 heteroatoms. The fourth-order valence-electron chi connectivity index (χ4n) is 3.25. The van der Waals surface area contributed by atoms with Crippen molar-refractivity contribution in [2.24, 2.45) is 5.41 Å². The Morgan fingerprint density at radius 1 is 1.39 bits per heavy atom. The molecule has 1 amide bonds. The number of carbonyl (C=O) groups is 2. The number of nitrogens with zero attached hydrogens (tertiary/aromatic N) is 1. The summed E-state index contributed by atoms with van der Waals surface area (Å²) in [6, 6.07) is 7.67. The van der Waals surface area contributed by atoms with Crippen LogP contribution in [0.15, 0.2) is 49.6 Å². The number of aldehydes is 1. The topological polar surface area (TPSA) is 46.6 Å². The van der Waals surface area contributed by atoms with Gasteiger partial charge in [0.15, 0.2) is 0 Å². The van der Waals surface area contributed by atoms with Crippen LogP contribution in [0.4, 0.5) is 10.5 Å². The molecule has 0 unspecified atom stereocenters. The van der Waals surface area contributed by atoms with Gasteiger partial charge in [0.25, 0.3) is 0 Å². The number of fused-ring (bicyclic) bond motifs is 1. The predicted octanol–water partition coefficient (Wildman–Crippen LogP) is 3.87. The van der Waals surface area contributed by atoms with Crippen LogP contribution in [0.2, 0.25) is 0 Å².